The summed E-state index contributed by atoms with van der Waals surface area (Å²) < 4.78 is 0. The van der Waals surface area contributed by atoms with Crippen molar-refractivity contribution in [2.24, 2.45) is 10.4 Å². The fourth-order valence-corrected chi connectivity index (χ4v) is 1.89. The molecule has 0 atom stereocenters. The van der Waals surface area contributed by atoms with E-state index in [1.165, 1.54) is 5.57 Å². The van der Waals surface area contributed by atoms with E-state index in [1.807, 2.05) is 12.2 Å². The van der Waals surface area contributed by atoms with Crippen LogP contribution in [-0.4, -0.2) is 18.5 Å². The fourth-order valence-electron chi connectivity index (χ4n) is 1.33. The number of allylic oxidation sites excluding steroid dienone is 4. The van der Waals surface area contributed by atoms with Crippen LogP contribution in [0.1, 0.15) is 20.3 Å². The molecule has 0 saturated carbocycles. The van der Waals surface area contributed by atoms with Gasteiger partial charge in [0.1, 0.15) is 0 Å². The van der Waals surface area contributed by atoms with Crippen molar-refractivity contribution in [1.29, 1.82) is 0 Å². The summed E-state index contributed by atoms with van der Waals surface area (Å²) >= 11 is 4.27. The van der Waals surface area contributed by atoms with Crippen molar-refractivity contribution in [2.45, 2.75) is 20.3 Å². The third-order valence-electron chi connectivity index (χ3n) is 2.51. The molecule has 1 nitrogen and oxygen atoms in total. The van der Waals surface area contributed by atoms with Crippen LogP contribution in [0.15, 0.2) is 42.0 Å². The van der Waals surface area contributed by atoms with Crippen molar-refractivity contribution >= 4 is 18.3 Å². The first-order valence-corrected chi connectivity index (χ1v) is 5.69. The highest BCUT2D eigenvalue weighted by Gasteiger charge is 2.20. The first-order chi connectivity index (χ1) is 7.01. The smallest absolute Gasteiger partial charge is 0.0567 e. The third kappa shape index (κ3) is 4.52. The maximum Gasteiger partial charge on any atom is 0.0567 e. The highest BCUT2D eigenvalue weighted by atomic mass is 32.1. The Morgan fingerprint density at radius 1 is 1.33 bits per heavy atom. The lowest BCUT2D eigenvalue weighted by Gasteiger charge is -2.25. The summed E-state index contributed by atoms with van der Waals surface area (Å²) in [5, 5.41) is 0. The van der Waals surface area contributed by atoms with Crippen LogP contribution in [0.25, 0.3) is 0 Å². The molecule has 0 amide bonds. The summed E-state index contributed by atoms with van der Waals surface area (Å²) in [5.41, 5.74) is 2.15. The predicted octanol–water partition coefficient (Wildman–Crippen LogP) is 3.70. The van der Waals surface area contributed by atoms with Gasteiger partial charge in [-0.1, -0.05) is 33.1 Å². The minimum Gasteiger partial charge on any atom is -0.289 e. The van der Waals surface area contributed by atoms with Crippen molar-refractivity contribution < 1.29 is 0 Å². The molecule has 0 saturated heterocycles. The second-order valence-electron chi connectivity index (χ2n) is 4.01. The number of hydrogen-bond donors (Lipinski definition) is 1. The molecule has 0 heterocycles. The summed E-state index contributed by atoms with van der Waals surface area (Å²) in [6.07, 6.45) is 6.68. The molecule has 0 bridgehead atoms. The van der Waals surface area contributed by atoms with E-state index in [9.17, 15) is 0 Å². The molecule has 0 aromatic carbocycles. The van der Waals surface area contributed by atoms with Gasteiger partial charge in [-0.2, -0.15) is 12.6 Å². The Labute approximate surface area is 99.1 Å². The van der Waals surface area contributed by atoms with Crippen LogP contribution in [0.3, 0.4) is 0 Å². The van der Waals surface area contributed by atoms with E-state index in [2.05, 4.69) is 44.6 Å². The Bertz CT molecular complexity index is 285. The van der Waals surface area contributed by atoms with Crippen LogP contribution < -0.4 is 0 Å². The van der Waals surface area contributed by atoms with Gasteiger partial charge >= 0.3 is 0 Å². The summed E-state index contributed by atoms with van der Waals surface area (Å²) in [6.45, 7) is 11.9. The van der Waals surface area contributed by atoms with Gasteiger partial charge in [-0.3, -0.25) is 4.99 Å². The van der Waals surface area contributed by atoms with Crippen LogP contribution in [-0.2, 0) is 0 Å². The Kier molecular flexibility index (Phi) is 6.34. The monoisotopic (exact) mass is 223 g/mol. The van der Waals surface area contributed by atoms with E-state index in [4.69, 9.17) is 0 Å². The Hall–Kier alpha value is -0.760. The van der Waals surface area contributed by atoms with E-state index in [0.717, 1.165) is 17.9 Å². The molecule has 0 aromatic rings. The highest BCUT2D eigenvalue weighted by molar-refractivity contribution is 7.80. The number of rotatable bonds is 6. The number of aliphatic imine (C=N–C) groups is 1. The van der Waals surface area contributed by atoms with Crippen molar-refractivity contribution in [1.82, 2.24) is 0 Å². The van der Waals surface area contributed by atoms with Gasteiger partial charge in [0.2, 0.25) is 0 Å². The first kappa shape index (κ1) is 14.2. The maximum atomic E-state index is 4.27. The molecular formula is C13H21NS. The second kappa shape index (κ2) is 6.67. The Balaban J connectivity index is 5.05. The standard InChI is InChI=1S/C13H21NS/c1-6-11(10-12(7-2)14-5)13(3,4)8-9-15/h6-7,10,15H,1-2,8-9H2,3-5H3/b11-10+,14-12-. The van der Waals surface area contributed by atoms with Gasteiger partial charge in [0.15, 0.2) is 0 Å². The van der Waals surface area contributed by atoms with Crippen LogP contribution in [0, 0.1) is 5.41 Å². The van der Waals surface area contributed by atoms with E-state index >= 15 is 0 Å². The van der Waals surface area contributed by atoms with Gasteiger partial charge in [0, 0.05) is 7.05 Å². The molecule has 0 aliphatic rings. The highest BCUT2D eigenvalue weighted by Crippen LogP contribution is 2.31. The number of thiol groups is 1. The predicted molar refractivity (Wildman–Crippen MR) is 74.1 cm³/mol. The van der Waals surface area contributed by atoms with Crippen molar-refractivity contribution in [3.63, 3.8) is 0 Å². The molecule has 2 heteroatoms. The maximum absolute atomic E-state index is 4.27. The number of hydrogen-bond acceptors (Lipinski definition) is 2. The van der Waals surface area contributed by atoms with Gasteiger partial charge in [-0.25, -0.2) is 0 Å². The van der Waals surface area contributed by atoms with Crippen LogP contribution >= 0.6 is 12.6 Å². The topological polar surface area (TPSA) is 12.4 Å². The molecule has 84 valence electrons. The van der Waals surface area contributed by atoms with Crippen LogP contribution in [0.4, 0.5) is 0 Å². The molecule has 0 aromatic heterocycles. The minimum atomic E-state index is 0.0858. The first-order valence-electron chi connectivity index (χ1n) is 5.06. The van der Waals surface area contributed by atoms with Gasteiger partial charge < -0.3 is 0 Å². The quantitative estimate of drug-likeness (QED) is 0.400. The van der Waals surface area contributed by atoms with Gasteiger partial charge in [-0.15, -0.1) is 0 Å². The molecule has 0 unspecified atom stereocenters. The van der Waals surface area contributed by atoms with Crippen molar-refractivity contribution in [3.05, 3.63) is 37.0 Å². The summed E-state index contributed by atoms with van der Waals surface area (Å²) in [7, 11) is 1.76. The summed E-state index contributed by atoms with van der Waals surface area (Å²) in [5.74, 6) is 0.866. The van der Waals surface area contributed by atoms with Crippen LogP contribution in [0.5, 0.6) is 0 Å². The van der Waals surface area contributed by atoms with E-state index < -0.39 is 0 Å². The largest absolute Gasteiger partial charge is 0.289 e. The van der Waals surface area contributed by atoms with Crippen molar-refractivity contribution in [3.8, 4) is 0 Å². The Morgan fingerprint density at radius 2 is 1.93 bits per heavy atom. The molecule has 0 radical (unpaired) electrons. The van der Waals surface area contributed by atoms with E-state index in [-0.39, 0.29) is 5.41 Å². The Morgan fingerprint density at radius 3 is 2.27 bits per heavy atom. The molecule has 0 aliphatic heterocycles. The lowest BCUT2D eigenvalue weighted by atomic mass is 9.81. The fraction of sp³-hybridized carbons (Fsp3) is 0.462. The molecule has 0 rings (SSSR count). The molecule has 0 fully saturated rings. The number of nitrogens with zero attached hydrogens (tertiary/aromatic N) is 1. The van der Waals surface area contributed by atoms with Crippen LogP contribution in [0.2, 0.25) is 0 Å². The summed E-state index contributed by atoms with van der Waals surface area (Å²) in [6, 6.07) is 0. The zero-order valence-corrected chi connectivity index (χ0v) is 10.8. The normalized spacial score (nSPS) is 13.9. The lowest BCUT2D eigenvalue weighted by molar-refractivity contribution is 0.445. The zero-order chi connectivity index (χ0) is 11.9. The minimum absolute atomic E-state index is 0.0858. The van der Waals surface area contributed by atoms with Gasteiger partial charge in [0.05, 0.1) is 5.71 Å². The average Bonchev–Trinajstić information content (AvgIpc) is 2.19. The third-order valence-corrected chi connectivity index (χ3v) is 2.73. The summed E-state index contributed by atoms with van der Waals surface area (Å²) in [4.78, 5) is 4.12. The van der Waals surface area contributed by atoms with Gasteiger partial charge in [-0.05, 0) is 35.3 Å². The zero-order valence-electron chi connectivity index (χ0n) is 9.95. The molecule has 0 aliphatic carbocycles. The van der Waals surface area contributed by atoms with Crippen molar-refractivity contribution in [2.75, 3.05) is 12.8 Å². The lowest BCUT2D eigenvalue weighted by Crippen LogP contribution is -2.15. The van der Waals surface area contributed by atoms with E-state index in [0.29, 0.717) is 0 Å². The molecule has 15 heavy (non-hydrogen) atoms. The average molecular weight is 223 g/mol. The van der Waals surface area contributed by atoms with E-state index in [1.54, 1.807) is 13.1 Å². The van der Waals surface area contributed by atoms with Gasteiger partial charge in [0.25, 0.3) is 0 Å². The second-order valence-corrected chi connectivity index (χ2v) is 4.46. The molecule has 0 N–H and O–H groups in total. The SMILES string of the molecule is C=CC(/C=C(\C=C)C(C)(C)CCS)=N/C. The molecular weight excluding hydrogens is 202 g/mol. The molecule has 0 spiro atoms.